The third-order valence-corrected chi connectivity index (χ3v) is 2.36. The summed E-state index contributed by atoms with van der Waals surface area (Å²) in [4.78, 5) is 18.9. The van der Waals surface area contributed by atoms with Gasteiger partial charge in [-0.1, -0.05) is 78.4 Å². The maximum absolute atomic E-state index is 9.47. The summed E-state index contributed by atoms with van der Waals surface area (Å²) >= 11 is 0. The monoisotopic (exact) mass is 284 g/mol. The van der Waals surface area contributed by atoms with E-state index >= 15 is 0 Å². The smallest absolute Gasteiger partial charge is 0.240 e. The van der Waals surface area contributed by atoms with Crippen molar-refractivity contribution in [1.29, 1.82) is 0 Å². The first-order valence-electron chi connectivity index (χ1n) is 7.29. The molecule has 118 valence electrons. The lowest BCUT2D eigenvalue weighted by Crippen LogP contribution is -2.04. The predicted octanol–water partition coefficient (Wildman–Crippen LogP) is 3.46. The molecule has 4 heteroatoms. The van der Waals surface area contributed by atoms with Crippen molar-refractivity contribution in [2.75, 3.05) is 0 Å². The minimum Gasteiger partial charge on any atom is -0.366 e. The molecule has 0 aliphatic heterocycles. The average Bonchev–Trinajstić information content (AvgIpc) is 2.44. The maximum Gasteiger partial charge on any atom is 0.240 e. The number of rotatable bonds is 9. The predicted molar refractivity (Wildman–Crippen MR) is 87.1 cm³/mol. The van der Waals surface area contributed by atoms with Crippen molar-refractivity contribution >= 4 is 11.8 Å². The summed E-state index contributed by atoms with van der Waals surface area (Å²) in [5.41, 5.74) is 9.07. The Labute approximate surface area is 124 Å². The average molecular weight is 284 g/mol. The van der Waals surface area contributed by atoms with Crippen LogP contribution in [0.15, 0.2) is 25.3 Å². The van der Waals surface area contributed by atoms with Gasteiger partial charge in [-0.05, 0) is 12.2 Å². The Morgan fingerprint density at radius 2 is 0.950 bits per heavy atom. The molecule has 0 rings (SSSR count). The minimum absolute atomic E-state index is 0.481. The van der Waals surface area contributed by atoms with Crippen molar-refractivity contribution in [3.63, 3.8) is 0 Å². The molecule has 0 aromatic heterocycles. The first-order chi connectivity index (χ1) is 9.45. The van der Waals surface area contributed by atoms with Gasteiger partial charge < -0.3 is 11.5 Å². The molecule has 0 spiro atoms. The zero-order chi connectivity index (χ0) is 16.2. The molecule has 0 aliphatic rings. The summed E-state index contributed by atoms with van der Waals surface area (Å²) in [6, 6.07) is 0. The highest BCUT2D eigenvalue weighted by atomic mass is 16.1. The Kier molecular flexibility index (Phi) is 26.5. The summed E-state index contributed by atoms with van der Waals surface area (Å²) in [5.74, 6) is -0.963. The molecule has 0 aliphatic carbocycles. The molecule has 0 heterocycles. The van der Waals surface area contributed by atoms with Gasteiger partial charge in [-0.3, -0.25) is 9.59 Å². The molecule has 4 nitrogen and oxygen atoms in total. The van der Waals surface area contributed by atoms with Crippen LogP contribution in [-0.2, 0) is 9.59 Å². The van der Waals surface area contributed by atoms with Gasteiger partial charge in [0, 0.05) is 0 Å². The summed E-state index contributed by atoms with van der Waals surface area (Å²) < 4.78 is 0. The summed E-state index contributed by atoms with van der Waals surface area (Å²) in [7, 11) is 0. The van der Waals surface area contributed by atoms with Gasteiger partial charge in [0.15, 0.2) is 0 Å². The van der Waals surface area contributed by atoms with Crippen molar-refractivity contribution < 1.29 is 9.59 Å². The van der Waals surface area contributed by atoms with Crippen molar-refractivity contribution in [2.45, 2.75) is 65.2 Å². The number of carbonyl (C=O) groups excluding carboxylic acids is 2. The van der Waals surface area contributed by atoms with Gasteiger partial charge >= 0.3 is 0 Å². The topological polar surface area (TPSA) is 86.2 Å². The molecule has 0 saturated heterocycles. The standard InChI is InChI=1S/C10H22.2C3H5NO/c1-3-5-7-9-10-8-6-4-2;2*1-2-3(4)5/h3-10H2,1-2H3;2*2H,1H2,(H2,4,5). The van der Waals surface area contributed by atoms with Gasteiger partial charge in [-0.25, -0.2) is 0 Å². The Morgan fingerprint density at radius 3 is 1.10 bits per heavy atom. The van der Waals surface area contributed by atoms with Gasteiger partial charge in [0.25, 0.3) is 0 Å². The van der Waals surface area contributed by atoms with Crippen LogP contribution in [0.5, 0.6) is 0 Å². The highest BCUT2D eigenvalue weighted by Gasteiger charge is 1.87. The van der Waals surface area contributed by atoms with Crippen LogP contribution in [0.4, 0.5) is 0 Å². The molecule has 0 fully saturated rings. The van der Waals surface area contributed by atoms with Crippen molar-refractivity contribution in [2.24, 2.45) is 11.5 Å². The molecule has 0 aromatic rings. The molecule has 0 bridgehead atoms. The van der Waals surface area contributed by atoms with Gasteiger partial charge in [-0.2, -0.15) is 0 Å². The van der Waals surface area contributed by atoms with E-state index in [1.54, 1.807) is 0 Å². The van der Waals surface area contributed by atoms with Crippen LogP contribution in [0.3, 0.4) is 0 Å². The lowest BCUT2D eigenvalue weighted by atomic mass is 10.1. The second kappa shape index (κ2) is 22.6. The van der Waals surface area contributed by atoms with Gasteiger partial charge in [-0.15, -0.1) is 0 Å². The molecule has 4 N–H and O–H groups in total. The molecule has 20 heavy (non-hydrogen) atoms. The minimum atomic E-state index is -0.481. The quantitative estimate of drug-likeness (QED) is 0.502. The number of primary amides is 2. The largest absolute Gasteiger partial charge is 0.366 e. The molecule has 0 unspecified atom stereocenters. The van der Waals surface area contributed by atoms with Gasteiger partial charge in [0.1, 0.15) is 0 Å². The van der Waals surface area contributed by atoms with E-state index in [2.05, 4.69) is 38.5 Å². The van der Waals surface area contributed by atoms with Crippen LogP contribution in [-0.4, -0.2) is 11.8 Å². The van der Waals surface area contributed by atoms with Crippen LogP contribution in [0.1, 0.15) is 65.2 Å². The number of hydrogen-bond acceptors (Lipinski definition) is 2. The van der Waals surface area contributed by atoms with Crippen molar-refractivity contribution in [3.8, 4) is 0 Å². The summed E-state index contributed by atoms with van der Waals surface area (Å²) in [5, 5.41) is 0. The Bertz CT molecular complexity index is 225. The van der Waals surface area contributed by atoms with Crippen LogP contribution < -0.4 is 11.5 Å². The van der Waals surface area contributed by atoms with Crippen molar-refractivity contribution in [3.05, 3.63) is 25.3 Å². The second-order valence-corrected chi connectivity index (χ2v) is 4.33. The fourth-order valence-corrected chi connectivity index (χ4v) is 1.21. The van der Waals surface area contributed by atoms with E-state index in [-0.39, 0.29) is 0 Å². The lowest BCUT2D eigenvalue weighted by molar-refractivity contribution is -0.114. The van der Waals surface area contributed by atoms with Crippen LogP contribution >= 0.6 is 0 Å². The zero-order valence-corrected chi connectivity index (χ0v) is 13.2. The number of hydrogen-bond donors (Lipinski definition) is 2. The third-order valence-electron chi connectivity index (χ3n) is 2.36. The molecule has 0 atom stereocenters. The normalized spacial score (nSPS) is 8.30. The number of unbranched alkanes of at least 4 members (excludes halogenated alkanes) is 7. The Hall–Kier alpha value is -1.58. The first-order valence-corrected chi connectivity index (χ1v) is 7.29. The van der Waals surface area contributed by atoms with E-state index in [0.29, 0.717) is 0 Å². The number of amides is 2. The van der Waals surface area contributed by atoms with E-state index in [1.165, 1.54) is 51.4 Å². The van der Waals surface area contributed by atoms with Crippen LogP contribution in [0.2, 0.25) is 0 Å². The van der Waals surface area contributed by atoms with E-state index < -0.39 is 11.8 Å². The summed E-state index contributed by atoms with van der Waals surface area (Å²) in [6.07, 6.45) is 13.6. The maximum atomic E-state index is 9.47. The molecular weight excluding hydrogens is 252 g/mol. The Balaban J connectivity index is -0.000000244. The Morgan fingerprint density at radius 1 is 0.750 bits per heavy atom. The van der Waals surface area contributed by atoms with Gasteiger partial charge in [0.2, 0.25) is 11.8 Å². The van der Waals surface area contributed by atoms with E-state index in [0.717, 1.165) is 12.2 Å². The second-order valence-electron chi connectivity index (χ2n) is 4.33. The van der Waals surface area contributed by atoms with E-state index in [4.69, 9.17) is 0 Å². The SMILES string of the molecule is C=CC(N)=O.C=CC(N)=O.CCCCCCCCCC. The fourth-order valence-electron chi connectivity index (χ4n) is 1.21. The summed E-state index contributed by atoms with van der Waals surface area (Å²) in [6.45, 7) is 10.7. The zero-order valence-electron chi connectivity index (χ0n) is 13.2. The highest BCUT2D eigenvalue weighted by molar-refractivity contribution is 5.85. The molecule has 2 amide bonds. The highest BCUT2D eigenvalue weighted by Crippen LogP contribution is 2.07. The first kappa shape index (κ1) is 23.5. The molecule has 0 radical (unpaired) electrons. The molecule has 0 aromatic carbocycles. The van der Waals surface area contributed by atoms with E-state index in [1.807, 2.05) is 0 Å². The molecule has 0 saturated carbocycles. The van der Waals surface area contributed by atoms with Crippen LogP contribution in [0.25, 0.3) is 0 Å². The van der Waals surface area contributed by atoms with Gasteiger partial charge in [0.05, 0.1) is 0 Å². The fraction of sp³-hybridized carbons (Fsp3) is 0.625. The lowest BCUT2D eigenvalue weighted by Gasteiger charge is -1.97. The number of nitrogens with two attached hydrogens (primary N) is 2. The molecular formula is C16H32N2O2. The van der Waals surface area contributed by atoms with Crippen LogP contribution in [0, 0.1) is 0 Å². The number of carbonyl (C=O) groups is 2. The van der Waals surface area contributed by atoms with Crippen molar-refractivity contribution in [1.82, 2.24) is 0 Å². The third kappa shape index (κ3) is 44.0. The van der Waals surface area contributed by atoms with E-state index in [9.17, 15) is 9.59 Å².